The van der Waals surface area contributed by atoms with Crippen LogP contribution in [0, 0.1) is 6.92 Å². The highest BCUT2D eigenvalue weighted by atomic mass is 15.2. The molecule has 2 atom stereocenters. The molecule has 0 saturated heterocycles. The van der Waals surface area contributed by atoms with Crippen molar-refractivity contribution in [1.82, 2.24) is 0 Å². The second-order valence-corrected chi connectivity index (χ2v) is 10.5. The Balaban J connectivity index is 0.00000144. The van der Waals surface area contributed by atoms with Crippen LogP contribution in [-0.2, 0) is 19.3 Å². The number of hydrogen-bond donors (Lipinski definition) is 0. The predicted molar refractivity (Wildman–Crippen MR) is 166 cm³/mol. The van der Waals surface area contributed by atoms with E-state index in [-0.39, 0.29) is 0 Å². The summed E-state index contributed by atoms with van der Waals surface area (Å²) in [6.45, 7) is 15.3. The number of rotatable bonds is 4. The predicted octanol–water partition coefficient (Wildman–Crippen LogP) is 8.90. The van der Waals surface area contributed by atoms with E-state index in [1.54, 1.807) is 0 Å². The van der Waals surface area contributed by atoms with Crippen LogP contribution >= 0.6 is 0 Å². The highest BCUT2D eigenvalue weighted by Crippen LogP contribution is 2.38. The molecule has 2 heteroatoms. The number of nitrogens with zero attached hydrogens (tertiary/aromatic N) is 2. The van der Waals surface area contributed by atoms with Gasteiger partial charge in [0.05, 0.1) is 0 Å². The van der Waals surface area contributed by atoms with E-state index in [4.69, 9.17) is 0 Å². The molecule has 3 aromatic carbocycles. The lowest BCUT2D eigenvalue weighted by atomic mass is 9.86. The summed E-state index contributed by atoms with van der Waals surface area (Å²) in [6.07, 6.45) is 14.6. The van der Waals surface area contributed by atoms with Gasteiger partial charge in [0.15, 0.2) is 0 Å². The maximum Gasteiger partial charge on any atom is 0.0446 e. The van der Waals surface area contributed by atoms with Gasteiger partial charge >= 0.3 is 0 Å². The molecule has 194 valence electrons. The molecule has 2 heterocycles. The second-order valence-electron chi connectivity index (χ2n) is 10.5. The van der Waals surface area contributed by atoms with Crippen molar-refractivity contribution in [3.05, 3.63) is 131 Å². The van der Waals surface area contributed by atoms with Crippen molar-refractivity contribution < 1.29 is 0 Å². The molecule has 1 aliphatic carbocycles. The van der Waals surface area contributed by atoms with Gasteiger partial charge in [0.1, 0.15) is 0 Å². The average molecular weight is 501 g/mol. The summed E-state index contributed by atoms with van der Waals surface area (Å²) in [7, 11) is 0. The van der Waals surface area contributed by atoms with Gasteiger partial charge in [0.2, 0.25) is 0 Å². The van der Waals surface area contributed by atoms with Gasteiger partial charge in [0.25, 0.3) is 0 Å². The van der Waals surface area contributed by atoms with Crippen LogP contribution in [0.5, 0.6) is 0 Å². The van der Waals surface area contributed by atoms with Crippen molar-refractivity contribution in [2.24, 2.45) is 0 Å². The molecule has 0 N–H and O–H groups in total. The van der Waals surface area contributed by atoms with Crippen LogP contribution in [0.15, 0.2) is 97.4 Å². The fourth-order valence-electron chi connectivity index (χ4n) is 6.26. The minimum Gasteiger partial charge on any atom is -0.344 e. The maximum atomic E-state index is 4.45. The Morgan fingerprint density at radius 2 is 1.53 bits per heavy atom. The summed E-state index contributed by atoms with van der Waals surface area (Å²) in [5.74, 6) is 0. The minimum atomic E-state index is 0.425. The first-order chi connectivity index (χ1) is 18.5. The Kier molecular flexibility index (Phi) is 7.42. The van der Waals surface area contributed by atoms with E-state index in [0.29, 0.717) is 12.1 Å². The zero-order valence-corrected chi connectivity index (χ0v) is 23.5. The molecular formula is C36H40N2. The van der Waals surface area contributed by atoms with Gasteiger partial charge < -0.3 is 9.80 Å². The van der Waals surface area contributed by atoms with Crippen LogP contribution in [0.25, 0.3) is 11.6 Å². The van der Waals surface area contributed by atoms with Crippen LogP contribution in [0.2, 0.25) is 0 Å². The molecule has 0 fully saturated rings. The lowest BCUT2D eigenvalue weighted by molar-refractivity contribution is 0.741. The fourth-order valence-corrected chi connectivity index (χ4v) is 6.26. The van der Waals surface area contributed by atoms with E-state index in [1.807, 2.05) is 13.8 Å². The fraction of sp³-hybridized carbons (Fsp3) is 0.278. The highest BCUT2D eigenvalue weighted by Gasteiger charge is 2.27. The molecule has 2 unspecified atom stereocenters. The monoisotopic (exact) mass is 500 g/mol. The third-order valence-electron chi connectivity index (χ3n) is 7.98. The number of fused-ring (bicyclic) bond motifs is 3. The van der Waals surface area contributed by atoms with Crippen LogP contribution in [-0.4, -0.2) is 12.1 Å². The molecule has 6 rings (SSSR count). The number of allylic oxidation sites excluding steroid dienone is 4. The van der Waals surface area contributed by atoms with Crippen molar-refractivity contribution in [2.75, 3.05) is 9.80 Å². The minimum absolute atomic E-state index is 0.425. The lowest BCUT2D eigenvalue weighted by Crippen LogP contribution is -2.27. The molecule has 0 bridgehead atoms. The molecule has 0 spiro atoms. The normalized spacial score (nSPS) is 20.3. The molecule has 3 aliphatic rings. The number of para-hydroxylation sites is 2. The van der Waals surface area contributed by atoms with E-state index in [2.05, 4.69) is 128 Å². The van der Waals surface area contributed by atoms with Crippen LogP contribution < -0.4 is 9.80 Å². The van der Waals surface area contributed by atoms with E-state index >= 15 is 0 Å². The SMILES string of the molecule is C=C(/C=C\c1ccc(C)c2c1CC=C/C2=C/N1c2ccccc2CC1C)N1c2ccccc2CC1C.CC. The van der Waals surface area contributed by atoms with Gasteiger partial charge in [-0.05, 0) is 97.2 Å². The smallest absolute Gasteiger partial charge is 0.0446 e. The standard InChI is InChI=1S/C34H34N2.C2H6/c1-23-16-18-27(19-17-24(2)36-26(4)21-29-11-6-8-15-33(29)36)31-13-9-12-30(34(23)31)22-35-25(3)20-28-10-5-7-14-32(28)35;1-2/h5-12,14-19,22,25-26H,2,13,20-21H2,1,3-4H3;1-2H3/b19-17-,30-22-;. The first-order valence-electron chi connectivity index (χ1n) is 14.1. The van der Waals surface area contributed by atoms with Crippen LogP contribution in [0.1, 0.15) is 61.1 Å². The third kappa shape index (κ3) is 4.65. The molecule has 2 aliphatic heterocycles. The zero-order chi connectivity index (χ0) is 26.8. The first kappa shape index (κ1) is 25.9. The van der Waals surface area contributed by atoms with Gasteiger partial charge in [-0.25, -0.2) is 0 Å². The number of hydrogen-bond acceptors (Lipinski definition) is 2. The Labute approximate surface area is 229 Å². The molecular weight excluding hydrogens is 460 g/mol. The van der Waals surface area contributed by atoms with E-state index in [0.717, 1.165) is 25.0 Å². The molecule has 38 heavy (non-hydrogen) atoms. The number of benzene rings is 3. The zero-order valence-electron chi connectivity index (χ0n) is 23.5. The summed E-state index contributed by atoms with van der Waals surface area (Å²) in [6, 6.07) is 22.9. The van der Waals surface area contributed by atoms with Crippen LogP contribution in [0.4, 0.5) is 11.4 Å². The number of aryl methyl sites for hydroxylation is 1. The van der Waals surface area contributed by atoms with Crippen molar-refractivity contribution in [1.29, 1.82) is 0 Å². The van der Waals surface area contributed by atoms with Crippen molar-refractivity contribution in [2.45, 2.75) is 66.0 Å². The Morgan fingerprint density at radius 3 is 2.29 bits per heavy atom. The summed E-state index contributed by atoms with van der Waals surface area (Å²) >= 11 is 0. The Hall–Kier alpha value is -3.78. The maximum absolute atomic E-state index is 4.45. The van der Waals surface area contributed by atoms with Crippen molar-refractivity contribution in [3.63, 3.8) is 0 Å². The summed E-state index contributed by atoms with van der Waals surface area (Å²) in [4.78, 5) is 4.84. The summed E-state index contributed by atoms with van der Waals surface area (Å²) < 4.78 is 0. The van der Waals surface area contributed by atoms with Gasteiger partial charge in [-0.15, -0.1) is 0 Å². The van der Waals surface area contributed by atoms with E-state index in [1.165, 1.54) is 50.3 Å². The molecule has 0 saturated carbocycles. The average Bonchev–Trinajstić information content (AvgIpc) is 3.44. The second kappa shape index (κ2) is 10.9. The first-order valence-corrected chi connectivity index (χ1v) is 14.1. The topological polar surface area (TPSA) is 6.48 Å². The lowest BCUT2D eigenvalue weighted by Gasteiger charge is -2.26. The summed E-state index contributed by atoms with van der Waals surface area (Å²) in [5, 5.41) is 0. The van der Waals surface area contributed by atoms with Gasteiger partial charge in [-0.2, -0.15) is 0 Å². The van der Waals surface area contributed by atoms with Gasteiger partial charge in [-0.3, -0.25) is 0 Å². The van der Waals surface area contributed by atoms with E-state index < -0.39 is 0 Å². The van der Waals surface area contributed by atoms with Gasteiger partial charge in [-0.1, -0.05) is 87.2 Å². The van der Waals surface area contributed by atoms with Crippen molar-refractivity contribution in [3.8, 4) is 0 Å². The Morgan fingerprint density at radius 1 is 0.868 bits per heavy atom. The molecule has 3 aromatic rings. The van der Waals surface area contributed by atoms with Gasteiger partial charge in [0, 0.05) is 35.4 Å². The summed E-state index contributed by atoms with van der Waals surface area (Å²) in [5.41, 5.74) is 13.2. The highest BCUT2D eigenvalue weighted by molar-refractivity contribution is 5.85. The van der Waals surface area contributed by atoms with Crippen molar-refractivity contribution >= 4 is 23.0 Å². The quantitative estimate of drug-likeness (QED) is 0.330. The molecule has 0 amide bonds. The molecule has 0 radical (unpaired) electrons. The molecule has 0 aromatic heterocycles. The largest absolute Gasteiger partial charge is 0.344 e. The van der Waals surface area contributed by atoms with Crippen LogP contribution in [0.3, 0.4) is 0 Å². The molecule has 2 nitrogen and oxygen atoms in total. The number of anilines is 2. The third-order valence-corrected chi connectivity index (χ3v) is 7.98. The van der Waals surface area contributed by atoms with E-state index in [9.17, 15) is 0 Å². The Bertz CT molecular complexity index is 1440.